The molecular formula is C6H11N5. The van der Waals surface area contributed by atoms with Crippen LogP contribution < -0.4 is 5.73 Å². The van der Waals surface area contributed by atoms with E-state index in [0.717, 1.165) is 0 Å². The standard InChI is InChI=1S/C6H11N5/c1-6(7,4-2-3-4)5-8-10-11-9-5/h4H,2-3,7H2,1H3,(H,8,9,10,11). The normalized spacial score (nSPS) is 23.1. The molecule has 0 saturated heterocycles. The average molecular weight is 153 g/mol. The highest BCUT2D eigenvalue weighted by molar-refractivity contribution is 5.06. The zero-order valence-corrected chi connectivity index (χ0v) is 6.41. The van der Waals surface area contributed by atoms with Crippen molar-refractivity contribution in [3.63, 3.8) is 0 Å². The molecule has 1 atom stereocenters. The van der Waals surface area contributed by atoms with Crippen LogP contribution in [0.15, 0.2) is 0 Å². The van der Waals surface area contributed by atoms with Crippen LogP contribution >= 0.6 is 0 Å². The molecule has 1 saturated carbocycles. The van der Waals surface area contributed by atoms with Gasteiger partial charge in [0.2, 0.25) is 0 Å². The SMILES string of the molecule is CC(N)(c1nn[nH]n1)C1CC1. The fourth-order valence-electron chi connectivity index (χ4n) is 1.26. The molecule has 1 unspecified atom stereocenters. The van der Waals surface area contributed by atoms with Crippen LogP contribution in [-0.4, -0.2) is 20.6 Å². The molecule has 0 amide bonds. The van der Waals surface area contributed by atoms with E-state index in [0.29, 0.717) is 11.7 Å². The third kappa shape index (κ3) is 1.01. The Bertz CT molecular complexity index is 235. The van der Waals surface area contributed by atoms with Gasteiger partial charge in [0.1, 0.15) is 0 Å². The van der Waals surface area contributed by atoms with Gasteiger partial charge in [-0.3, -0.25) is 0 Å². The second kappa shape index (κ2) is 2.01. The van der Waals surface area contributed by atoms with E-state index < -0.39 is 0 Å². The molecule has 0 bridgehead atoms. The first-order chi connectivity index (χ1) is 5.21. The predicted molar refractivity (Wildman–Crippen MR) is 38.4 cm³/mol. The Morgan fingerprint density at radius 3 is 2.82 bits per heavy atom. The molecule has 1 aliphatic carbocycles. The Kier molecular flexibility index (Phi) is 1.23. The monoisotopic (exact) mass is 153 g/mol. The zero-order valence-electron chi connectivity index (χ0n) is 6.41. The largest absolute Gasteiger partial charge is 0.319 e. The lowest BCUT2D eigenvalue weighted by molar-refractivity contribution is 0.401. The summed E-state index contributed by atoms with van der Waals surface area (Å²) in [5.74, 6) is 1.17. The van der Waals surface area contributed by atoms with Crippen molar-refractivity contribution in [1.29, 1.82) is 0 Å². The van der Waals surface area contributed by atoms with Gasteiger partial charge < -0.3 is 5.73 Å². The summed E-state index contributed by atoms with van der Waals surface area (Å²) in [4.78, 5) is 0. The molecule has 0 aromatic carbocycles. The minimum Gasteiger partial charge on any atom is -0.319 e. The topological polar surface area (TPSA) is 80.5 Å². The second-order valence-corrected chi connectivity index (χ2v) is 3.29. The van der Waals surface area contributed by atoms with Crippen molar-refractivity contribution in [3.05, 3.63) is 5.82 Å². The molecule has 1 aliphatic rings. The lowest BCUT2D eigenvalue weighted by Crippen LogP contribution is -2.36. The Hall–Kier alpha value is -0.970. The molecule has 60 valence electrons. The van der Waals surface area contributed by atoms with Crippen molar-refractivity contribution in [2.75, 3.05) is 0 Å². The number of hydrogen-bond acceptors (Lipinski definition) is 4. The van der Waals surface area contributed by atoms with Crippen LogP contribution in [0.3, 0.4) is 0 Å². The Labute approximate surface area is 64.4 Å². The van der Waals surface area contributed by atoms with Crippen molar-refractivity contribution in [2.24, 2.45) is 11.7 Å². The summed E-state index contributed by atoms with van der Waals surface area (Å²) in [6.45, 7) is 1.95. The van der Waals surface area contributed by atoms with Crippen molar-refractivity contribution < 1.29 is 0 Å². The smallest absolute Gasteiger partial charge is 0.194 e. The molecule has 1 aromatic heterocycles. The second-order valence-electron chi connectivity index (χ2n) is 3.29. The van der Waals surface area contributed by atoms with Crippen LogP contribution in [0.25, 0.3) is 0 Å². The highest BCUT2D eigenvalue weighted by atomic mass is 15.5. The van der Waals surface area contributed by atoms with Gasteiger partial charge >= 0.3 is 0 Å². The van der Waals surface area contributed by atoms with Gasteiger partial charge in [-0.15, -0.1) is 10.2 Å². The Morgan fingerprint density at radius 1 is 1.64 bits per heavy atom. The van der Waals surface area contributed by atoms with Gasteiger partial charge in [0.25, 0.3) is 0 Å². The molecule has 1 aromatic rings. The van der Waals surface area contributed by atoms with Gasteiger partial charge in [0.05, 0.1) is 5.54 Å². The van der Waals surface area contributed by atoms with E-state index in [9.17, 15) is 0 Å². The Morgan fingerprint density at radius 2 is 2.36 bits per heavy atom. The van der Waals surface area contributed by atoms with E-state index in [1.54, 1.807) is 0 Å². The first kappa shape index (κ1) is 6.72. The summed E-state index contributed by atoms with van der Waals surface area (Å²) in [6, 6.07) is 0. The predicted octanol–water partition coefficient (Wildman–Crippen LogP) is -0.216. The van der Waals surface area contributed by atoms with Crippen LogP contribution in [0.5, 0.6) is 0 Å². The molecule has 2 rings (SSSR count). The highest BCUT2D eigenvalue weighted by Gasteiger charge is 2.42. The number of H-pyrrole nitrogens is 1. The lowest BCUT2D eigenvalue weighted by Gasteiger charge is -2.18. The number of rotatable bonds is 2. The summed E-state index contributed by atoms with van der Waals surface area (Å²) in [5, 5.41) is 13.6. The number of nitrogens with two attached hydrogens (primary N) is 1. The minimum absolute atomic E-state index is 0.382. The summed E-state index contributed by atoms with van der Waals surface area (Å²) in [6.07, 6.45) is 2.36. The fraction of sp³-hybridized carbons (Fsp3) is 0.833. The van der Waals surface area contributed by atoms with Gasteiger partial charge in [-0.05, 0) is 25.7 Å². The van der Waals surface area contributed by atoms with Crippen molar-refractivity contribution in [2.45, 2.75) is 25.3 Å². The van der Waals surface area contributed by atoms with E-state index in [2.05, 4.69) is 20.6 Å². The number of hydrogen-bond donors (Lipinski definition) is 2. The minimum atomic E-state index is -0.382. The van der Waals surface area contributed by atoms with E-state index >= 15 is 0 Å². The average Bonchev–Trinajstić information content (AvgIpc) is 2.66. The number of nitrogens with one attached hydrogen (secondary N) is 1. The van der Waals surface area contributed by atoms with E-state index in [1.807, 2.05) is 6.92 Å². The molecule has 0 spiro atoms. The third-order valence-corrected chi connectivity index (χ3v) is 2.25. The maximum absolute atomic E-state index is 6.00. The van der Waals surface area contributed by atoms with E-state index in [-0.39, 0.29) is 5.54 Å². The molecule has 3 N–H and O–H groups in total. The fourth-order valence-corrected chi connectivity index (χ4v) is 1.26. The molecule has 0 radical (unpaired) electrons. The van der Waals surface area contributed by atoms with Crippen molar-refractivity contribution in [1.82, 2.24) is 20.6 Å². The number of tetrazole rings is 1. The van der Waals surface area contributed by atoms with Crippen LogP contribution in [0.1, 0.15) is 25.6 Å². The molecule has 5 heteroatoms. The van der Waals surface area contributed by atoms with Gasteiger partial charge in [-0.2, -0.15) is 5.21 Å². The van der Waals surface area contributed by atoms with E-state index in [1.165, 1.54) is 12.8 Å². The number of aromatic nitrogens is 4. The summed E-state index contributed by atoms with van der Waals surface area (Å²) >= 11 is 0. The molecule has 5 nitrogen and oxygen atoms in total. The Balaban J connectivity index is 2.26. The maximum Gasteiger partial charge on any atom is 0.194 e. The highest BCUT2D eigenvalue weighted by Crippen LogP contribution is 2.42. The van der Waals surface area contributed by atoms with Crippen LogP contribution in [0.2, 0.25) is 0 Å². The summed E-state index contributed by atoms with van der Waals surface area (Å²) in [5.41, 5.74) is 5.62. The van der Waals surface area contributed by atoms with Crippen LogP contribution in [-0.2, 0) is 5.54 Å². The zero-order chi connectivity index (χ0) is 7.90. The molecule has 1 fully saturated rings. The van der Waals surface area contributed by atoms with Gasteiger partial charge in [0.15, 0.2) is 5.82 Å². The first-order valence-corrected chi connectivity index (χ1v) is 3.74. The third-order valence-electron chi connectivity index (χ3n) is 2.25. The summed E-state index contributed by atoms with van der Waals surface area (Å²) in [7, 11) is 0. The van der Waals surface area contributed by atoms with Crippen LogP contribution in [0, 0.1) is 5.92 Å². The first-order valence-electron chi connectivity index (χ1n) is 3.74. The summed E-state index contributed by atoms with van der Waals surface area (Å²) < 4.78 is 0. The van der Waals surface area contributed by atoms with Gasteiger partial charge in [0, 0.05) is 0 Å². The maximum atomic E-state index is 6.00. The molecular weight excluding hydrogens is 142 g/mol. The quantitative estimate of drug-likeness (QED) is 0.615. The lowest BCUT2D eigenvalue weighted by atomic mass is 9.97. The van der Waals surface area contributed by atoms with Gasteiger partial charge in [-0.25, -0.2) is 0 Å². The molecule has 0 aliphatic heterocycles. The number of aromatic amines is 1. The van der Waals surface area contributed by atoms with Crippen LogP contribution in [0.4, 0.5) is 0 Å². The van der Waals surface area contributed by atoms with Gasteiger partial charge in [-0.1, -0.05) is 5.21 Å². The van der Waals surface area contributed by atoms with E-state index in [4.69, 9.17) is 5.73 Å². The molecule has 1 heterocycles. The molecule has 11 heavy (non-hydrogen) atoms. The van der Waals surface area contributed by atoms with Crippen molar-refractivity contribution >= 4 is 0 Å². The van der Waals surface area contributed by atoms with Crippen molar-refractivity contribution in [3.8, 4) is 0 Å². The number of nitrogens with zero attached hydrogens (tertiary/aromatic N) is 3.